The van der Waals surface area contributed by atoms with Gasteiger partial charge in [-0.3, -0.25) is 4.98 Å². The van der Waals surface area contributed by atoms with Crippen LogP contribution in [-0.2, 0) is 6.42 Å². The summed E-state index contributed by atoms with van der Waals surface area (Å²) in [4.78, 5) is 13.1. The molecule has 2 aromatic heterocycles. The van der Waals surface area contributed by atoms with Crippen molar-refractivity contribution in [2.45, 2.75) is 39.7 Å². The van der Waals surface area contributed by atoms with E-state index in [9.17, 15) is 0 Å². The second kappa shape index (κ2) is 6.57. The molecule has 0 aliphatic rings. The lowest BCUT2D eigenvalue weighted by Gasteiger charge is -2.22. The van der Waals surface area contributed by atoms with E-state index in [1.54, 1.807) is 12.4 Å². The van der Waals surface area contributed by atoms with Gasteiger partial charge in [-0.05, 0) is 31.0 Å². The van der Waals surface area contributed by atoms with Gasteiger partial charge in [0.1, 0.15) is 5.52 Å². The Morgan fingerprint density at radius 1 is 1.16 bits per heavy atom. The molecule has 1 unspecified atom stereocenters. The minimum Gasteiger partial charge on any atom is -0.313 e. The highest BCUT2D eigenvalue weighted by Crippen LogP contribution is 2.12. The van der Waals surface area contributed by atoms with E-state index in [-0.39, 0.29) is 0 Å². The summed E-state index contributed by atoms with van der Waals surface area (Å²) >= 11 is 0. The second-order valence-electron chi connectivity index (χ2n) is 5.21. The molecule has 0 spiro atoms. The van der Waals surface area contributed by atoms with E-state index >= 15 is 0 Å². The molecule has 1 N–H and O–H groups in total. The van der Waals surface area contributed by atoms with Crippen molar-refractivity contribution in [2.24, 2.45) is 5.92 Å². The van der Waals surface area contributed by atoms with Gasteiger partial charge in [0.05, 0.1) is 0 Å². The third kappa shape index (κ3) is 3.70. The number of nitrogens with one attached hydrogen (secondary N) is 1. The van der Waals surface area contributed by atoms with Gasteiger partial charge in [0.15, 0.2) is 5.65 Å². The molecule has 2 aromatic rings. The van der Waals surface area contributed by atoms with Crippen LogP contribution in [0.2, 0.25) is 0 Å². The highest BCUT2D eigenvalue weighted by molar-refractivity contribution is 5.68. The third-order valence-corrected chi connectivity index (χ3v) is 3.28. The molecule has 0 aliphatic carbocycles. The zero-order valence-electron chi connectivity index (χ0n) is 11.9. The van der Waals surface area contributed by atoms with Gasteiger partial charge in [-0.25, -0.2) is 9.97 Å². The van der Waals surface area contributed by atoms with Gasteiger partial charge in [0.2, 0.25) is 0 Å². The van der Waals surface area contributed by atoms with Crippen molar-refractivity contribution in [2.75, 3.05) is 6.54 Å². The van der Waals surface area contributed by atoms with Crippen molar-refractivity contribution in [3.8, 4) is 0 Å². The van der Waals surface area contributed by atoms with Crippen LogP contribution in [0.1, 0.15) is 32.9 Å². The van der Waals surface area contributed by atoms with E-state index < -0.39 is 0 Å². The summed E-state index contributed by atoms with van der Waals surface area (Å²) in [6.45, 7) is 7.73. The Hall–Kier alpha value is -1.55. The van der Waals surface area contributed by atoms with Crippen molar-refractivity contribution in [1.82, 2.24) is 20.3 Å². The predicted octanol–water partition coefficient (Wildman–Crippen LogP) is 2.59. The molecule has 0 amide bonds. The fourth-order valence-corrected chi connectivity index (χ4v) is 2.11. The molecule has 4 nitrogen and oxygen atoms in total. The summed E-state index contributed by atoms with van der Waals surface area (Å²) in [5, 5.41) is 3.59. The van der Waals surface area contributed by atoms with Gasteiger partial charge < -0.3 is 5.32 Å². The first-order chi connectivity index (χ1) is 9.20. The largest absolute Gasteiger partial charge is 0.313 e. The van der Waals surface area contributed by atoms with Gasteiger partial charge in [-0.15, -0.1) is 0 Å². The van der Waals surface area contributed by atoms with Crippen molar-refractivity contribution in [1.29, 1.82) is 0 Å². The average Bonchev–Trinajstić information content (AvgIpc) is 2.43. The van der Waals surface area contributed by atoms with Crippen LogP contribution in [0, 0.1) is 5.92 Å². The standard InChI is InChI=1S/C15H22N4/c1-4-7-16-14(11(2)3)10-12-5-6-13-15(19-12)18-9-8-17-13/h5-6,8-9,11,14,16H,4,7,10H2,1-3H3. The van der Waals surface area contributed by atoms with Gasteiger partial charge in [0.25, 0.3) is 0 Å². The van der Waals surface area contributed by atoms with Gasteiger partial charge >= 0.3 is 0 Å². The Bertz CT molecular complexity index is 524. The van der Waals surface area contributed by atoms with E-state index in [0.717, 1.165) is 36.2 Å². The van der Waals surface area contributed by atoms with Crippen LogP contribution in [0.15, 0.2) is 24.5 Å². The van der Waals surface area contributed by atoms with Crippen molar-refractivity contribution in [3.05, 3.63) is 30.2 Å². The van der Waals surface area contributed by atoms with E-state index in [1.165, 1.54) is 0 Å². The monoisotopic (exact) mass is 258 g/mol. The first kappa shape index (κ1) is 13.9. The minimum absolute atomic E-state index is 0.460. The number of hydrogen-bond donors (Lipinski definition) is 1. The lowest BCUT2D eigenvalue weighted by atomic mass is 9.99. The first-order valence-corrected chi connectivity index (χ1v) is 7.00. The Labute approximate surface area is 114 Å². The van der Waals surface area contributed by atoms with E-state index in [4.69, 9.17) is 0 Å². The lowest BCUT2D eigenvalue weighted by molar-refractivity contribution is 0.395. The van der Waals surface area contributed by atoms with Crippen LogP contribution in [-0.4, -0.2) is 27.5 Å². The van der Waals surface area contributed by atoms with Crippen molar-refractivity contribution >= 4 is 11.2 Å². The molecule has 0 aromatic carbocycles. The summed E-state index contributed by atoms with van der Waals surface area (Å²) < 4.78 is 0. The SMILES string of the molecule is CCCNC(Cc1ccc2nccnc2n1)C(C)C. The topological polar surface area (TPSA) is 50.7 Å². The predicted molar refractivity (Wildman–Crippen MR) is 78.0 cm³/mol. The van der Waals surface area contributed by atoms with Gasteiger partial charge in [0, 0.05) is 30.6 Å². The van der Waals surface area contributed by atoms with Crippen LogP contribution < -0.4 is 5.32 Å². The van der Waals surface area contributed by atoms with E-state index in [1.807, 2.05) is 6.07 Å². The Morgan fingerprint density at radius 2 is 1.95 bits per heavy atom. The number of hydrogen-bond acceptors (Lipinski definition) is 4. The molecule has 0 bridgehead atoms. The van der Waals surface area contributed by atoms with E-state index in [2.05, 4.69) is 47.1 Å². The first-order valence-electron chi connectivity index (χ1n) is 7.00. The van der Waals surface area contributed by atoms with Crippen LogP contribution in [0.3, 0.4) is 0 Å². The Morgan fingerprint density at radius 3 is 2.68 bits per heavy atom. The van der Waals surface area contributed by atoms with Crippen LogP contribution >= 0.6 is 0 Å². The number of fused-ring (bicyclic) bond motifs is 1. The minimum atomic E-state index is 0.460. The molecule has 102 valence electrons. The van der Waals surface area contributed by atoms with Gasteiger partial charge in [-0.1, -0.05) is 20.8 Å². The molecule has 0 aliphatic heterocycles. The zero-order valence-corrected chi connectivity index (χ0v) is 11.9. The van der Waals surface area contributed by atoms with Crippen molar-refractivity contribution in [3.63, 3.8) is 0 Å². The second-order valence-corrected chi connectivity index (χ2v) is 5.21. The van der Waals surface area contributed by atoms with Crippen molar-refractivity contribution < 1.29 is 0 Å². The summed E-state index contributed by atoms with van der Waals surface area (Å²) in [6.07, 6.45) is 5.47. The maximum absolute atomic E-state index is 4.59. The molecule has 1 atom stereocenters. The lowest BCUT2D eigenvalue weighted by Crippen LogP contribution is -2.36. The van der Waals surface area contributed by atoms with Crippen LogP contribution in [0.25, 0.3) is 11.2 Å². The fraction of sp³-hybridized carbons (Fsp3) is 0.533. The molecule has 0 saturated carbocycles. The molecular formula is C15H22N4. The number of rotatable bonds is 6. The molecule has 0 saturated heterocycles. The summed E-state index contributed by atoms with van der Waals surface area (Å²) in [5.74, 6) is 0.589. The summed E-state index contributed by atoms with van der Waals surface area (Å²) in [7, 11) is 0. The fourth-order valence-electron chi connectivity index (χ4n) is 2.11. The zero-order chi connectivity index (χ0) is 13.7. The molecule has 2 rings (SSSR count). The quantitative estimate of drug-likeness (QED) is 0.865. The molecule has 4 heteroatoms. The molecule has 0 radical (unpaired) electrons. The maximum Gasteiger partial charge on any atom is 0.178 e. The van der Waals surface area contributed by atoms with Crippen LogP contribution in [0.4, 0.5) is 0 Å². The molecule has 0 fully saturated rings. The summed E-state index contributed by atoms with van der Waals surface area (Å²) in [5.41, 5.74) is 2.67. The highest BCUT2D eigenvalue weighted by atomic mass is 14.9. The number of aromatic nitrogens is 3. The van der Waals surface area contributed by atoms with E-state index in [0.29, 0.717) is 12.0 Å². The maximum atomic E-state index is 4.59. The van der Waals surface area contributed by atoms with Gasteiger partial charge in [-0.2, -0.15) is 0 Å². The Kier molecular flexibility index (Phi) is 4.80. The smallest absolute Gasteiger partial charge is 0.178 e. The van der Waals surface area contributed by atoms with Crippen LogP contribution in [0.5, 0.6) is 0 Å². The normalized spacial score (nSPS) is 13.1. The number of nitrogens with zero attached hydrogens (tertiary/aromatic N) is 3. The third-order valence-electron chi connectivity index (χ3n) is 3.28. The molecular weight excluding hydrogens is 236 g/mol. The number of pyridine rings is 1. The molecule has 2 heterocycles. The average molecular weight is 258 g/mol. The molecule has 19 heavy (non-hydrogen) atoms. The highest BCUT2D eigenvalue weighted by Gasteiger charge is 2.14. The Balaban J connectivity index is 2.14. The summed E-state index contributed by atoms with van der Waals surface area (Å²) in [6, 6.07) is 4.52.